The van der Waals surface area contributed by atoms with Gasteiger partial charge in [0.05, 0.1) is 0 Å². The molecule has 96 valence electrons. The number of fused-ring (bicyclic) bond motifs is 5. The molecule has 0 radical (unpaired) electrons. The maximum absolute atomic E-state index is 6.88. The van der Waals surface area contributed by atoms with Crippen LogP contribution < -0.4 is 5.73 Å². The van der Waals surface area contributed by atoms with Crippen molar-refractivity contribution in [2.75, 3.05) is 0 Å². The highest BCUT2D eigenvalue weighted by atomic mass is 14.8. The van der Waals surface area contributed by atoms with Gasteiger partial charge in [0.15, 0.2) is 0 Å². The molecule has 1 heterocycles. The summed E-state index contributed by atoms with van der Waals surface area (Å²) in [6.45, 7) is 2.18. The van der Waals surface area contributed by atoms with Crippen LogP contribution >= 0.6 is 0 Å². The second-order valence-corrected chi connectivity index (χ2v) is 6.80. The van der Waals surface area contributed by atoms with Crippen molar-refractivity contribution in [1.82, 2.24) is 4.98 Å². The summed E-state index contributed by atoms with van der Waals surface area (Å²) < 4.78 is 0. The maximum Gasteiger partial charge on any atom is 0.0461 e. The second-order valence-electron chi connectivity index (χ2n) is 6.80. The molecule has 2 N–H and O–H groups in total. The number of aryl methyl sites for hydroxylation is 1. The van der Waals surface area contributed by atoms with Gasteiger partial charge in [-0.25, -0.2) is 0 Å². The van der Waals surface area contributed by atoms with Crippen molar-refractivity contribution in [2.45, 2.75) is 44.6 Å². The molecular weight excluding hydrogens is 220 g/mol. The van der Waals surface area contributed by atoms with E-state index in [0.29, 0.717) is 0 Å². The first-order valence-electron chi connectivity index (χ1n) is 7.40. The third kappa shape index (κ3) is 1.25. The fourth-order valence-electron chi connectivity index (χ4n) is 5.45. The van der Waals surface area contributed by atoms with Gasteiger partial charge in [0.1, 0.15) is 0 Å². The summed E-state index contributed by atoms with van der Waals surface area (Å²) in [5, 5.41) is 0. The molecule has 0 amide bonds. The summed E-state index contributed by atoms with van der Waals surface area (Å²) in [5.74, 6) is 3.53. The monoisotopic (exact) mass is 242 g/mol. The molecule has 3 aliphatic carbocycles. The molecule has 2 nitrogen and oxygen atoms in total. The number of hydrogen-bond donors (Lipinski definition) is 1. The van der Waals surface area contributed by atoms with Crippen LogP contribution in [-0.4, -0.2) is 4.98 Å². The highest BCUT2D eigenvalue weighted by Crippen LogP contribution is 2.64. The van der Waals surface area contributed by atoms with Crippen LogP contribution in [0.25, 0.3) is 0 Å². The second kappa shape index (κ2) is 3.57. The zero-order valence-electron chi connectivity index (χ0n) is 11.1. The molecule has 3 fully saturated rings. The van der Waals surface area contributed by atoms with Gasteiger partial charge in [-0.3, -0.25) is 4.98 Å². The number of hydrogen-bond acceptors (Lipinski definition) is 2. The van der Waals surface area contributed by atoms with Crippen molar-refractivity contribution in [3.05, 3.63) is 29.6 Å². The van der Waals surface area contributed by atoms with Crippen LogP contribution in [0, 0.1) is 30.6 Å². The van der Waals surface area contributed by atoms with E-state index in [1.165, 1.54) is 43.2 Å². The molecule has 2 bridgehead atoms. The van der Waals surface area contributed by atoms with Crippen molar-refractivity contribution >= 4 is 0 Å². The van der Waals surface area contributed by atoms with Gasteiger partial charge >= 0.3 is 0 Å². The Balaban J connectivity index is 1.76. The first-order valence-corrected chi connectivity index (χ1v) is 7.40. The van der Waals surface area contributed by atoms with E-state index in [-0.39, 0.29) is 5.54 Å². The van der Waals surface area contributed by atoms with Crippen molar-refractivity contribution in [3.63, 3.8) is 0 Å². The molecule has 2 heteroatoms. The Bertz CT molecular complexity index is 484. The van der Waals surface area contributed by atoms with Crippen LogP contribution in [0.2, 0.25) is 0 Å². The van der Waals surface area contributed by atoms with Crippen molar-refractivity contribution in [3.8, 4) is 0 Å². The Labute approximate surface area is 109 Å². The van der Waals surface area contributed by atoms with E-state index in [1.807, 2.05) is 12.4 Å². The highest BCUT2D eigenvalue weighted by molar-refractivity contribution is 5.33. The van der Waals surface area contributed by atoms with Crippen LogP contribution in [0.5, 0.6) is 0 Å². The van der Waals surface area contributed by atoms with Gasteiger partial charge in [0.2, 0.25) is 0 Å². The summed E-state index contributed by atoms with van der Waals surface area (Å²) in [4.78, 5) is 4.32. The summed E-state index contributed by atoms with van der Waals surface area (Å²) >= 11 is 0. The third-order valence-corrected chi connectivity index (χ3v) is 6.11. The molecule has 1 aromatic rings. The van der Waals surface area contributed by atoms with Crippen LogP contribution in [0.4, 0.5) is 0 Å². The molecule has 0 aliphatic heterocycles. The smallest absolute Gasteiger partial charge is 0.0461 e. The lowest BCUT2D eigenvalue weighted by Gasteiger charge is -2.41. The van der Waals surface area contributed by atoms with Gasteiger partial charge < -0.3 is 5.73 Å². The number of aromatic nitrogens is 1. The van der Waals surface area contributed by atoms with Crippen LogP contribution in [0.1, 0.15) is 43.2 Å². The van der Waals surface area contributed by atoms with Crippen molar-refractivity contribution in [1.29, 1.82) is 0 Å². The number of nitrogens with zero attached hydrogens (tertiary/aromatic N) is 1. The van der Waals surface area contributed by atoms with Gasteiger partial charge in [0.25, 0.3) is 0 Å². The lowest BCUT2D eigenvalue weighted by molar-refractivity contribution is 0.156. The van der Waals surface area contributed by atoms with Crippen LogP contribution in [0.3, 0.4) is 0 Å². The fraction of sp³-hybridized carbons (Fsp3) is 0.688. The largest absolute Gasteiger partial charge is 0.321 e. The molecule has 1 aromatic heterocycles. The van der Waals surface area contributed by atoms with Gasteiger partial charge in [-0.15, -0.1) is 0 Å². The summed E-state index contributed by atoms with van der Waals surface area (Å²) in [6, 6.07) is 2.11. The van der Waals surface area contributed by atoms with E-state index in [0.717, 1.165) is 23.7 Å². The number of pyridine rings is 1. The van der Waals surface area contributed by atoms with E-state index in [9.17, 15) is 0 Å². The molecule has 5 atom stereocenters. The molecule has 18 heavy (non-hydrogen) atoms. The molecule has 0 spiro atoms. The van der Waals surface area contributed by atoms with E-state index in [1.54, 1.807) is 0 Å². The summed E-state index contributed by atoms with van der Waals surface area (Å²) in [5.41, 5.74) is 9.46. The molecule has 4 rings (SSSR count). The minimum absolute atomic E-state index is 0.0749. The SMILES string of the molecule is Cc1ccncc1C1(N)CC2CC1C1CCCC21. The first kappa shape index (κ1) is 11.0. The van der Waals surface area contributed by atoms with Gasteiger partial charge in [-0.05, 0) is 73.5 Å². The predicted molar refractivity (Wildman–Crippen MR) is 71.9 cm³/mol. The van der Waals surface area contributed by atoms with E-state index in [2.05, 4.69) is 18.0 Å². The molecule has 0 saturated heterocycles. The van der Waals surface area contributed by atoms with Crippen molar-refractivity contribution < 1.29 is 0 Å². The maximum atomic E-state index is 6.88. The lowest BCUT2D eigenvalue weighted by Crippen LogP contribution is -2.47. The van der Waals surface area contributed by atoms with Gasteiger partial charge in [-0.2, -0.15) is 0 Å². The predicted octanol–water partition coefficient (Wildman–Crippen LogP) is 3.00. The Morgan fingerprint density at radius 1 is 1.33 bits per heavy atom. The topological polar surface area (TPSA) is 38.9 Å². The Morgan fingerprint density at radius 3 is 3.00 bits per heavy atom. The average molecular weight is 242 g/mol. The number of rotatable bonds is 1. The zero-order chi connectivity index (χ0) is 12.3. The Kier molecular flexibility index (Phi) is 2.18. The Morgan fingerprint density at radius 2 is 2.17 bits per heavy atom. The van der Waals surface area contributed by atoms with E-state index < -0.39 is 0 Å². The normalized spacial score (nSPS) is 45.4. The molecular formula is C16H22N2. The summed E-state index contributed by atoms with van der Waals surface area (Å²) in [6.07, 6.45) is 10.8. The van der Waals surface area contributed by atoms with Crippen LogP contribution in [-0.2, 0) is 5.54 Å². The first-order chi connectivity index (χ1) is 8.70. The lowest BCUT2D eigenvalue weighted by atomic mass is 9.68. The third-order valence-electron chi connectivity index (χ3n) is 6.11. The minimum Gasteiger partial charge on any atom is -0.321 e. The Hall–Kier alpha value is -0.890. The fourth-order valence-corrected chi connectivity index (χ4v) is 5.45. The van der Waals surface area contributed by atoms with Crippen molar-refractivity contribution in [2.24, 2.45) is 29.4 Å². The van der Waals surface area contributed by atoms with Gasteiger partial charge in [0, 0.05) is 17.9 Å². The molecule has 3 aliphatic rings. The van der Waals surface area contributed by atoms with E-state index in [4.69, 9.17) is 5.73 Å². The molecule has 3 saturated carbocycles. The highest BCUT2D eigenvalue weighted by Gasteiger charge is 2.60. The van der Waals surface area contributed by atoms with Crippen LogP contribution in [0.15, 0.2) is 18.5 Å². The standard InChI is InChI=1S/C16H22N2/c1-10-5-6-18-9-15(10)16(17)8-11-7-14(16)13-4-2-3-12(11)13/h5-6,9,11-14H,2-4,7-8,17H2,1H3. The van der Waals surface area contributed by atoms with E-state index >= 15 is 0 Å². The average Bonchev–Trinajstić information content (AvgIpc) is 2.99. The number of nitrogens with two attached hydrogens (primary N) is 1. The molecule has 5 unspecified atom stereocenters. The van der Waals surface area contributed by atoms with Gasteiger partial charge in [-0.1, -0.05) is 6.42 Å². The molecule has 0 aromatic carbocycles. The summed E-state index contributed by atoms with van der Waals surface area (Å²) in [7, 11) is 0. The zero-order valence-corrected chi connectivity index (χ0v) is 11.1. The quantitative estimate of drug-likeness (QED) is 0.822. The minimum atomic E-state index is -0.0749.